The zero-order valence-electron chi connectivity index (χ0n) is 11.3. The van der Waals surface area contributed by atoms with Gasteiger partial charge in [0, 0.05) is 25.4 Å². The summed E-state index contributed by atoms with van der Waals surface area (Å²) in [7, 11) is 1.69. The standard InChI is InChI=1S/C12H19BrF3N3/c1-4-19-10(11(13)8(2)18-19)7-9(17-3)5-6-12(14,15)16/h9,17H,4-7H2,1-3H3. The second kappa shape index (κ2) is 6.74. The van der Waals surface area contributed by atoms with Gasteiger partial charge in [-0.05, 0) is 43.2 Å². The molecular weight excluding hydrogens is 323 g/mol. The highest BCUT2D eigenvalue weighted by Crippen LogP contribution is 2.26. The normalized spacial score (nSPS) is 13.8. The number of aryl methyl sites for hydroxylation is 2. The van der Waals surface area contributed by atoms with Gasteiger partial charge < -0.3 is 5.32 Å². The van der Waals surface area contributed by atoms with E-state index < -0.39 is 12.6 Å². The maximum absolute atomic E-state index is 12.3. The lowest BCUT2D eigenvalue weighted by atomic mass is 10.1. The number of halogens is 4. The van der Waals surface area contributed by atoms with Gasteiger partial charge in [0.05, 0.1) is 15.9 Å². The van der Waals surface area contributed by atoms with Crippen LogP contribution in [0.15, 0.2) is 4.47 Å². The van der Waals surface area contributed by atoms with E-state index in [0.29, 0.717) is 13.0 Å². The molecule has 19 heavy (non-hydrogen) atoms. The molecule has 1 rings (SSSR count). The molecule has 110 valence electrons. The third-order valence-corrected chi connectivity index (χ3v) is 4.11. The number of nitrogens with one attached hydrogen (secondary N) is 1. The van der Waals surface area contributed by atoms with Gasteiger partial charge in [-0.1, -0.05) is 0 Å². The van der Waals surface area contributed by atoms with Crippen molar-refractivity contribution in [2.24, 2.45) is 0 Å². The molecule has 1 N–H and O–H groups in total. The molecule has 0 saturated heterocycles. The second-order valence-electron chi connectivity index (χ2n) is 4.51. The lowest BCUT2D eigenvalue weighted by Crippen LogP contribution is -2.30. The predicted octanol–water partition coefficient (Wildman–Crippen LogP) is 3.45. The van der Waals surface area contributed by atoms with Gasteiger partial charge >= 0.3 is 6.18 Å². The number of aromatic nitrogens is 2. The summed E-state index contributed by atoms with van der Waals surface area (Å²) in [4.78, 5) is 0. The molecular formula is C12H19BrF3N3. The summed E-state index contributed by atoms with van der Waals surface area (Å²) < 4.78 is 39.5. The molecule has 1 aromatic heterocycles. The van der Waals surface area contributed by atoms with Gasteiger partial charge in [0.15, 0.2) is 0 Å². The molecule has 0 amide bonds. The molecule has 1 aromatic rings. The predicted molar refractivity (Wildman–Crippen MR) is 72.2 cm³/mol. The Morgan fingerprint density at radius 3 is 2.53 bits per heavy atom. The molecule has 0 saturated carbocycles. The van der Waals surface area contributed by atoms with E-state index in [2.05, 4.69) is 26.3 Å². The summed E-state index contributed by atoms with van der Waals surface area (Å²) >= 11 is 3.46. The van der Waals surface area contributed by atoms with E-state index in [1.807, 2.05) is 18.5 Å². The molecule has 1 unspecified atom stereocenters. The molecule has 0 aliphatic rings. The Kier molecular flexibility index (Phi) is 5.85. The van der Waals surface area contributed by atoms with Crippen molar-refractivity contribution in [1.29, 1.82) is 0 Å². The lowest BCUT2D eigenvalue weighted by molar-refractivity contribution is -0.136. The highest BCUT2D eigenvalue weighted by atomic mass is 79.9. The Morgan fingerprint density at radius 2 is 2.05 bits per heavy atom. The molecule has 0 aliphatic carbocycles. The number of alkyl halides is 3. The number of hydrogen-bond donors (Lipinski definition) is 1. The quantitative estimate of drug-likeness (QED) is 0.858. The number of hydrogen-bond acceptors (Lipinski definition) is 2. The second-order valence-corrected chi connectivity index (χ2v) is 5.30. The van der Waals surface area contributed by atoms with E-state index in [4.69, 9.17) is 0 Å². The first kappa shape index (κ1) is 16.5. The summed E-state index contributed by atoms with van der Waals surface area (Å²) in [5, 5.41) is 7.29. The molecule has 1 heterocycles. The van der Waals surface area contributed by atoms with E-state index in [1.165, 1.54) is 0 Å². The molecule has 0 spiro atoms. The smallest absolute Gasteiger partial charge is 0.317 e. The lowest BCUT2D eigenvalue weighted by Gasteiger charge is -2.18. The maximum atomic E-state index is 12.3. The Hall–Kier alpha value is -0.560. The Morgan fingerprint density at radius 1 is 1.42 bits per heavy atom. The maximum Gasteiger partial charge on any atom is 0.389 e. The van der Waals surface area contributed by atoms with Crippen molar-refractivity contribution in [3.63, 3.8) is 0 Å². The zero-order valence-corrected chi connectivity index (χ0v) is 12.9. The first-order chi connectivity index (χ1) is 8.78. The molecule has 0 aromatic carbocycles. The Labute approximate surface area is 119 Å². The fourth-order valence-electron chi connectivity index (χ4n) is 1.98. The van der Waals surface area contributed by atoms with Gasteiger partial charge in [0.25, 0.3) is 0 Å². The number of nitrogens with zero attached hydrogens (tertiary/aromatic N) is 2. The van der Waals surface area contributed by atoms with Crippen LogP contribution in [-0.4, -0.2) is 29.0 Å². The highest BCUT2D eigenvalue weighted by molar-refractivity contribution is 9.10. The van der Waals surface area contributed by atoms with E-state index in [1.54, 1.807) is 7.05 Å². The monoisotopic (exact) mass is 341 g/mol. The molecule has 3 nitrogen and oxygen atoms in total. The molecule has 0 bridgehead atoms. The molecule has 0 radical (unpaired) electrons. The van der Waals surface area contributed by atoms with Crippen molar-refractivity contribution in [2.45, 2.75) is 51.9 Å². The summed E-state index contributed by atoms with van der Waals surface area (Å²) in [5.41, 5.74) is 1.81. The summed E-state index contributed by atoms with van der Waals surface area (Å²) in [6, 6.07) is -0.209. The van der Waals surface area contributed by atoms with Crippen LogP contribution >= 0.6 is 15.9 Å². The minimum absolute atomic E-state index is 0.0698. The Bertz CT molecular complexity index is 415. The third kappa shape index (κ3) is 4.80. The van der Waals surface area contributed by atoms with Crippen molar-refractivity contribution < 1.29 is 13.2 Å². The zero-order chi connectivity index (χ0) is 14.6. The van der Waals surface area contributed by atoms with Crippen molar-refractivity contribution in [3.8, 4) is 0 Å². The van der Waals surface area contributed by atoms with Crippen molar-refractivity contribution in [3.05, 3.63) is 15.9 Å². The molecule has 0 fully saturated rings. The first-order valence-corrected chi connectivity index (χ1v) is 7.03. The van der Waals surface area contributed by atoms with E-state index in [-0.39, 0.29) is 12.5 Å². The summed E-state index contributed by atoms with van der Waals surface area (Å²) in [6.07, 6.45) is -4.27. The van der Waals surface area contributed by atoms with Crippen LogP contribution in [0.4, 0.5) is 13.2 Å². The van der Waals surface area contributed by atoms with Crippen LogP contribution < -0.4 is 5.32 Å². The Balaban J connectivity index is 2.75. The van der Waals surface area contributed by atoms with Gasteiger partial charge in [-0.2, -0.15) is 18.3 Å². The minimum atomic E-state index is -4.10. The van der Waals surface area contributed by atoms with Crippen LogP contribution in [-0.2, 0) is 13.0 Å². The minimum Gasteiger partial charge on any atom is -0.317 e. The van der Waals surface area contributed by atoms with Crippen LogP contribution in [0.3, 0.4) is 0 Å². The number of rotatable bonds is 6. The molecule has 1 atom stereocenters. The first-order valence-electron chi connectivity index (χ1n) is 6.24. The van der Waals surface area contributed by atoms with Gasteiger partial charge in [0.2, 0.25) is 0 Å². The van der Waals surface area contributed by atoms with E-state index >= 15 is 0 Å². The van der Waals surface area contributed by atoms with Gasteiger partial charge in [-0.25, -0.2) is 0 Å². The average molecular weight is 342 g/mol. The van der Waals surface area contributed by atoms with Crippen LogP contribution in [0, 0.1) is 6.92 Å². The van der Waals surface area contributed by atoms with E-state index in [0.717, 1.165) is 15.9 Å². The SMILES string of the molecule is CCn1nc(C)c(Br)c1CC(CCC(F)(F)F)NC. The van der Waals surface area contributed by atoms with Crippen molar-refractivity contribution >= 4 is 15.9 Å². The van der Waals surface area contributed by atoms with Crippen molar-refractivity contribution in [1.82, 2.24) is 15.1 Å². The fourth-order valence-corrected chi connectivity index (χ4v) is 2.43. The van der Waals surface area contributed by atoms with E-state index in [9.17, 15) is 13.2 Å². The summed E-state index contributed by atoms with van der Waals surface area (Å²) in [5.74, 6) is 0. The topological polar surface area (TPSA) is 29.9 Å². The van der Waals surface area contributed by atoms with Gasteiger partial charge in [0.1, 0.15) is 0 Å². The van der Waals surface area contributed by atoms with Gasteiger partial charge in [-0.3, -0.25) is 4.68 Å². The summed E-state index contributed by atoms with van der Waals surface area (Å²) in [6.45, 7) is 4.55. The van der Waals surface area contributed by atoms with Crippen LogP contribution in [0.5, 0.6) is 0 Å². The highest BCUT2D eigenvalue weighted by Gasteiger charge is 2.28. The van der Waals surface area contributed by atoms with Crippen LogP contribution in [0.2, 0.25) is 0 Å². The number of likely N-dealkylation sites (N-methyl/N-ethyl adjacent to an activating group) is 1. The fraction of sp³-hybridized carbons (Fsp3) is 0.750. The van der Waals surface area contributed by atoms with Crippen LogP contribution in [0.1, 0.15) is 31.2 Å². The largest absolute Gasteiger partial charge is 0.389 e. The average Bonchev–Trinajstić information content (AvgIpc) is 2.60. The third-order valence-electron chi connectivity index (χ3n) is 3.08. The van der Waals surface area contributed by atoms with Crippen molar-refractivity contribution in [2.75, 3.05) is 7.05 Å². The molecule has 0 aliphatic heterocycles. The molecule has 7 heteroatoms. The van der Waals surface area contributed by atoms with Crippen LogP contribution in [0.25, 0.3) is 0 Å². The van der Waals surface area contributed by atoms with Gasteiger partial charge in [-0.15, -0.1) is 0 Å².